The van der Waals surface area contributed by atoms with Gasteiger partial charge in [0.1, 0.15) is 0 Å². The number of thiophene rings is 1. The predicted molar refractivity (Wildman–Crippen MR) is 73.8 cm³/mol. The minimum absolute atomic E-state index is 0.217. The van der Waals surface area contributed by atoms with E-state index in [1.807, 2.05) is 12.3 Å². The zero-order valence-corrected chi connectivity index (χ0v) is 11.7. The molecule has 1 N–H and O–H groups in total. The molecule has 0 spiro atoms. The van der Waals surface area contributed by atoms with Gasteiger partial charge in [-0.25, -0.2) is 0 Å². The molecule has 0 amide bonds. The van der Waals surface area contributed by atoms with E-state index in [9.17, 15) is 0 Å². The molecule has 1 atom stereocenters. The lowest BCUT2D eigenvalue weighted by molar-refractivity contribution is -0.0997. The van der Waals surface area contributed by atoms with Gasteiger partial charge in [-0.2, -0.15) is 0 Å². The van der Waals surface area contributed by atoms with Gasteiger partial charge in [0.05, 0.1) is 10.2 Å². The van der Waals surface area contributed by atoms with Crippen LogP contribution in [0, 0.1) is 0 Å². The van der Waals surface area contributed by atoms with Crippen molar-refractivity contribution in [1.82, 2.24) is 10.3 Å². The van der Waals surface area contributed by atoms with Crippen molar-refractivity contribution < 1.29 is 9.47 Å². The molecular weight excluding hydrogens is 248 g/mol. The molecular formula is C13H18N2O2S. The molecule has 0 aliphatic rings. The van der Waals surface area contributed by atoms with Crippen LogP contribution in [0.15, 0.2) is 23.7 Å². The average Bonchev–Trinajstić information content (AvgIpc) is 2.86. The Morgan fingerprint density at radius 2 is 2.17 bits per heavy atom. The maximum absolute atomic E-state index is 5.15. The molecule has 0 aliphatic carbocycles. The number of ether oxygens (including phenoxy) is 2. The van der Waals surface area contributed by atoms with Crippen LogP contribution >= 0.6 is 11.3 Å². The van der Waals surface area contributed by atoms with Crippen LogP contribution in [-0.4, -0.2) is 32.0 Å². The van der Waals surface area contributed by atoms with Crippen LogP contribution in [0.4, 0.5) is 0 Å². The summed E-state index contributed by atoms with van der Waals surface area (Å²) < 4.78 is 11.5. The molecule has 18 heavy (non-hydrogen) atoms. The van der Waals surface area contributed by atoms with Gasteiger partial charge in [-0.1, -0.05) is 0 Å². The summed E-state index contributed by atoms with van der Waals surface area (Å²) in [6.45, 7) is 2.76. The SMILES string of the molecule is COC(CNC(C)c1cnc2ccsc2c1)OC. The van der Waals surface area contributed by atoms with Crippen LogP contribution < -0.4 is 5.32 Å². The molecule has 0 aliphatic heterocycles. The van der Waals surface area contributed by atoms with Gasteiger partial charge in [-0.05, 0) is 30.0 Å². The fraction of sp³-hybridized carbons (Fsp3) is 0.462. The summed E-state index contributed by atoms with van der Waals surface area (Å²) in [5, 5.41) is 5.43. The van der Waals surface area contributed by atoms with Gasteiger partial charge in [-0.3, -0.25) is 4.98 Å². The Balaban J connectivity index is 2.01. The number of methoxy groups -OCH3 is 2. The van der Waals surface area contributed by atoms with Gasteiger partial charge in [0.25, 0.3) is 0 Å². The number of pyridine rings is 1. The quantitative estimate of drug-likeness (QED) is 0.816. The number of nitrogens with one attached hydrogen (secondary N) is 1. The van der Waals surface area contributed by atoms with E-state index in [-0.39, 0.29) is 12.3 Å². The first kappa shape index (κ1) is 13.4. The number of hydrogen-bond donors (Lipinski definition) is 1. The van der Waals surface area contributed by atoms with E-state index >= 15 is 0 Å². The Morgan fingerprint density at radius 3 is 2.89 bits per heavy atom. The highest BCUT2D eigenvalue weighted by atomic mass is 32.1. The average molecular weight is 266 g/mol. The van der Waals surface area contributed by atoms with Gasteiger partial charge in [0.15, 0.2) is 6.29 Å². The van der Waals surface area contributed by atoms with Gasteiger partial charge in [-0.15, -0.1) is 11.3 Å². The van der Waals surface area contributed by atoms with E-state index in [4.69, 9.17) is 9.47 Å². The van der Waals surface area contributed by atoms with Crippen molar-refractivity contribution in [1.29, 1.82) is 0 Å². The van der Waals surface area contributed by atoms with Crippen LogP contribution in [0.25, 0.3) is 10.2 Å². The molecule has 0 radical (unpaired) electrons. The molecule has 0 saturated carbocycles. The van der Waals surface area contributed by atoms with Crippen molar-refractivity contribution in [3.05, 3.63) is 29.3 Å². The molecule has 0 aromatic carbocycles. The van der Waals surface area contributed by atoms with E-state index in [2.05, 4.69) is 28.7 Å². The highest BCUT2D eigenvalue weighted by Gasteiger charge is 2.10. The number of rotatable bonds is 6. The summed E-state index contributed by atoms with van der Waals surface area (Å²) in [5.41, 5.74) is 2.23. The fourth-order valence-electron chi connectivity index (χ4n) is 1.75. The first-order chi connectivity index (χ1) is 8.74. The third-order valence-corrected chi connectivity index (χ3v) is 3.79. The number of fused-ring (bicyclic) bond motifs is 1. The Kier molecular flexibility index (Phi) is 4.66. The van der Waals surface area contributed by atoms with Crippen molar-refractivity contribution in [3.8, 4) is 0 Å². The number of aromatic nitrogens is 1. The second kappa shape index (κ2) is 6.24. The lowest BCUT2D eigenvalue weighted by Gasteiger charge is -2.18. The van der Waals surface area contributed by atoms with Gasteiger partial charge in [0.2, 0.25) is 0 Å². The smallest absolute Gasteiger partial charge is 0.169 e. The van der Waals surface area contributed by atoms with Gasteiger partial charge >= 0.3 is 0 Å². The maximum atomic E-state index is 5.15. The molecule has 1 unspecified atom stereocenters. The van der Waals surface area contributed by atoms with Crippen molar-refractivity contribution in [2.24, 2.45) is 0 Å². The van der Waals surface area contributed by atoms with Crippen molar-refractivity contribution in [3.63, 3.8) is 0 Å². The lowest BCUT2D eigenvalue weighted by Crippen LogP contribution is -2.31. The molecule has 2 rings (SSSR count). The van der Waals surface area contributed by atoms with E-state index in [1.54, 1.807) is 25.6 Å². The zero-order chi connectivity index (χ0) is 13.0. The normalized spacial score (nSPS) is 13.3. The summed E-state index contributed by atoms with van der Waals surface area (Å²) >= 11 is 1.71. The Morgan fingerprint density at radius 1 is 1.39 bits per heavy atom. The zero-order valence-electron chi connectivity index (χ0n) is 10.8. The Bertz CT molecular complexity index is 496. The molecule has 0 fully saturated rings. The molecule has 0 saturated heterocycles. The highest BCUT2D eigenvalue weighted by Crippen LogP contribution is 2.22. The monoisotopic (exact) mass is 266 g/mol. The van der Waals surface area contributed by atoms with E-state index in [0.717, 1.165) is 5.52 Å². The van der Waals surface area contributed by atoms with Crippen molar-refractivity contribution >= 4 is 21.6 Å². The summed E-state index contributed by atoms with van der Waals surface area (Å²) in [6.07, 6.45) is 1.70. The highest BCUT2D eigenvalue weighted by molar-refractivity contribution is 7.17. The summed E-state index contributed by atoms with van der Waals surface area (Å²) in [4.78, 5) is 4.44. The Labute approximate surface area is 111 Å². The van der Waals surface area contributed by atoms with Gasteiger partial charge < -0.3 is 14.8 Å². The van der Waals surface area contributed by atoms with Crippen LogP contribution in [0.3, 0.4) is 0 Å². The van der Waals surface area contributed by atoms with E-state index in [0.29, 0.717) is 6.54 Å². The second-order valence-corrected chi connectivity index (χ2v) is 5.05. The fourth-order valence-corrected chi connectivity index (χ4v) is 2.54. The van der Waals surface area contributed by atoms with Crippen LogP contribution in [0.1, 0.15) is 18.5 Å². The minimum Gasteiger partial charge on any atom is -0.355 e. The molecule has 5 heteroatoms. The Hall–Kier alpha value is -1.01. The first-order valence-electron chi connectivity index (χ1n) is 5.86. The van der Waals surface area contributed by atoms with E-state index < -0.39 is 0 Å². The van der Waals surface area contributed by atoms with Crippen molar-refractivity contribution in [2.75, 3.05) is 20.8 Å². The van der Waals surface area contributed by atoms with Gasteiger partial charge in [0, 0.05) is 33.0 Å². The second-order valence-electron chi connectivity index (χ2n) is 4.10. The molecule has 4 nitrogen and oxygen atoms in total. The topological polar surface area (TPSA) is 43.4 Å². The predicted octanol–water partition coefficient (Wildman–Crippen LogP) is 2.57. The number of hydrogen-bond acceptors (Lipinski definition) is 5. The maximum Gasteiger partial charge on any atom is 0.169 e. The lowest BCUT2D eigenvalue weighted by atomic mass is 10.1. The van der Waals surface area contributed by atoms with E-state index in [1.165, 1.54) is 10.3 Å². The van der Waals surface area contributed by atoms with Crippen LogP contribution in [0.2, 0.25) is 0 Å². The molecule has 2 heterocycles. The molecule has 2 aromatic heterocycles. The minimum atomic E-state index is -0.217. The third kappa shape index (κ3) is 3.05. The molecule has 0 bridgehead atoms. The summed E-state index contributed by atoms with van der Waals surface area (Å²) in [6, 6.07) is 4.43. The van der Waals surface area contributed by atoms with Crippen LogP contribution in [-0.2, 0) is 9.47 Å². The summed E-state index contributed by atoms with van der Waals surface area (Å²) in [5.74, 6) is 0. The largest absolute Gasteiger partial charge is 0.355 e. The number of nitrogens with zero attached hydrogens (tertiary/aromatic N) is 1. The molecule has 2 aromatic rings. The first-order valence-corrected chi connectivity index (χ1v) is 6.74. The standard InChI is InChI=1S/C13H18N2O2S/c1-9(14-8-13(16-2)17-3)10-6-12-11(15-7-10)4-5-18-12/h4-7,9,13-14H,8H2,1-3H3. The van der Waals surface area contributed by atoms with Crippen molar-refractivity contribution in [2.45, 2.75) is 19.3 Å². The summed E-state index contributed by atoms with van der Waals surface area (Å²) in [7, 11) is 3.28. The van der Waals surface area contributed by atoms with Crippen LogP contribution in [0.5, 0.6) is 0 Å². The third-order valence-electron chi connectivity index (χ3n) is 2.94. The molecule has 98 valence electrons.